The zero-order chi connectivity index (χ0) is 9.14. The van der Waals surface area contributed by atoms with E-state index in [1.54, 1.807) is 17.8 Å². The first-order valence-electron chi connectivity index (χ1n) is 3.47. The molecule has 0 bridgehead atoms. The van der Waals surface area contributed by atoms with Crippen molar-refractivity contribution in [1.29, 1.82) is 0 Å². The van der Waals surface area contributed by atoms with Gasteiger partial charge < -0.3 is 0 Å². The minimum atomic E-state index is 0.547. The Labute approximate surface area is 75.6 Å². The second kappa shape index (κ2) is 3.54. The zero-order valence-corrected chi connectivity index (χ0v) is 7.67. The number of rotatable bonds is 2. The van der Waals surface area contributed by atoms with E-state index in [1.807, 2.05) is 6.92 Å². The molecule has 0 amide bonds. The van der Waals surface area contributed by atoms with Crippen molar-refractivity contribution >= 4 is 24.0 Å². The predicted molar refractivity (Wildman–Crippen MR) is 48.1 cm³/mol. The molecule has 0 aliphatic heterocycles. The smallest absolute Gasteiger partial charge is 0.142 e. The lowest BCUT2D eigenvalue weighted by Crippen LogP contribution is -1.88. The Morgan fingerprint density at radius 3 is 2.67 bits per heavy atom. The number of allylic oxidation sites excluding steroid dienone is 1. The van der Waals surface area contributed by atoms with Gasteiger partial charge in [0, 0.05) is 12.6 Å². The Morgan fingerprint density at radius 2 is 2.25 bits per heavy atom. The van der Waals surface area contributed by atoms with Gasteiger partial charge in [-0.3, -0.25) is 9.48 Å². The topological polar surface area (TPSA) is 34.9 Å². The van der Waals surface area contributed by atoms with E-state index < -0.39 is 0 Å². The maximum Gasteiger partial charge on any atom is 0.142 e. The Bertz CT molecular complexity index is 328. The molecule has 0 aliphatic rings. The van der Waals surface area contributed by atoms with E-state index in [4.69, 9.17) is 11.6 Å². The van der Waals surface area contributed by atoms with E-state index in [0.29, 0.717) is 11.4 Å². The minimum Gasteiger partial charge on any atom is -0.299 e. The van der Waals surface area contributed by atoms with Crippen molar-refractivity contribution in [1.82, 2.24) is 9.78 Å². The number of halogens is 1. The van der Waals surface area contributed by atoms with E-state index in [2.05, 4.69) is 5.10 Å². The van der Waals surface area contributed by atoms with Crippen LogP contribution in [0.5, 0.6) is 0 Å². The third-order valence-electron chi connectivity index (χ3n) is 1.54. The summed E-state index contributed by atoms with van der Waals surface area (Å²) in [6.45, 7) is 1.84. The zero-order valence-electron chi connectivity index (χ0n) is 6.91. The van der Waals surface area contributed by atoms with Crippen LogP contribution in [-0.2, 0) is 11.8 Å². The van der Waals surface area contributed by atoms with Crippen molar-refractivity contribution in [3.8, 4) is 0 Å². The van der Waals surface area contributed by atoms with Crippen molar-refractivity contribution in [3.05, 3.63) is 22.5 Å². The van der Waals surface area contributed by atoms with Gasteiger partial charge in [0.15, 0.2) is 0 Å². The van der Waals surface area contributed by atoms with Crippen LogP contribution in [-0.4, -0.2) is 16.1 Å². The molecular formula is C8H9ClN2O. The second-order valence-corrected chi connectivity index (χ2v) is 2.77. The number of aryl methyl sites for hydroxylation is 2. The lowest BCUT2D eigenvalue weighted by molar-refractivity contribution is -0.104. The number of aldehydes is 1. The summed E-state index contributed by atoms with van der Waals surface area (Å²) in [6, 6.07) is 0. The molecule has 64 valence electrons. The summed E-state index contributed by atoms with van der Waals surface area (Å²) in [6.07, 6.45) is 3.76. The normalized spacial score (nSPS) is 10.9. The molecule has 0 fully saturated rings. The van der Waals surface area contributed by atoms with E-state index in [0.717, 1.165) is 11.3 Å². The average molecular weight is 185 g/mol. The number of hydrogen-bond acceptors (Lipinski definition) is 2. The number of aromatic nitrogens is 2. The van der Waals surface area contributed by atoms with Gasteiger partial charge in [-0.1, -0.05) is 11.6 Å². The Morgan fingerprint density at radius 1 is 1.58 bits per heavy atom. The molecule has 1 aromatic heterocycles. The highest BCUT2D eigenvalue weighted by atomic mass is 35.5. The van der Waals surface area contributed by atoms with Gasteiger partial charge in [-0.05, 0) is 19.1 Å². The van der Waals surface area contributed by atoms with Gasteiger partial charge in [0.1, 0.15) is 11.4 Å². The molecule has 1 rings (SSSR count). The molecule has 0 aromatic carbocycles. The molecular weight excluding hydrogens is 176 g/mol. The Kier molecular flexibility index (Phi) is 2.65. The van der Waals surface area contributed by atoms with Gasteiger partial charge in [-0.25, -0.2) is 0 Å². The van der Waals surface area contributed by atoms with Crippen LogP contribution in [0.2, 0.25) is 5.15 Å². The summed E-state index contributed by atoms with van der Waals surface area (Å²) in [4.78, 5) is 10.1. The van der Waals surface area contributed by atoms with Crippen LogP contribution in [0.1, 0.15) is 11.3 Å². The van der Waals surface area contributed by atoms with Crippen LogP contribution in [0.3, 0.4) is 0 Å². The van der Waals surface area contributed by atoms with Crippen molar-refractivity contribution < 1.29 is 4.79 Å². The van der Waals surface area contributed by atoms with Crippen molar-refractivity contribution in [2.45, 2.75) is 6.92 Å². The number of carbonyl (C=O) groups is 1. The molecule has 0 radical (unpaired) electrons. The van der Waals surface area contributed by atoms with E-state index >= 15 is 0 Å². The molecule has 0 atom stereocenters. The van der Waals surface area contributed by atoms with Gasteiger partial charge in [-0.2, -0.15) is 5.10 Å². The molecule has 4 heteroatoms. The van der Waals surface area contributed by atoms with Gasteiger partial charge in [0.2, 0.25) is 0 Å². The van der Waals surface area contributed by atoms with Crippen molar-refractivity contribution in [2.24, 2.45) is 7.05 Å². The second-order valence-electron chi connectivity index (χ2n) is 2.41. The Hall–Kier alpha value is -1.09. The summed E-state index contributed by atoms with van der Waals surface area (Å²) in [5.41, 5.74) is 1.62. The highest BCUT2D eigenvalue weighted by molar-refractivity contribution is 6.31. The van der Waals surface area contributed by atoms with Gasteiger partial charge in [0.25, 0.3) is 0 Å². The van der Waals surface area contributed by atoms with Crippen LogP contribution in [0, 0.1) is 6.92 Å². The van der Waals surface area contributed by atoms with E-state index in [9.17, 15) is 4.79 Å². The molecule has 12 heavy (non-hydrogen) atoms. The SMILES string of the molecule is Cc1nn(C)c(Cl)c1/C=C/C=O. The summed E-state index contributed by atoms with van der Waals surface area (Å²) in [7, 11) is 1.76. The minimum absolute atomic E-state index is 0.547. The van der Waals surface area contributed by atoms with Crippen LogP contribution in [0.25, 0.3) is 6.08 Å². The lowest BCUT2D eigenvalue weighted by atomic mass is 10.2. The molecule has 0 aliphatic carbocycles. The quantitative estimate of drug-likeness (QED) is 0.517. The summed E-state index contributed by atoms with van der Waals surface area (Å²) in [5, 5.41) is 4.63. The average Bonchev–Trinajstić information content (AvgIpc) is 2.25. The molecule has 0 spiro atoms. The highest BCUT2D eigenvalue weighted by Gasteiger charge is 2.06. The van der Waals surface area contributed by atoms with Crippen LogP contribution < -0.4 is 0 Å². The fourth-order valence-corrected chi connectivity index (χ4v) is 1.21. The first kappa shape index (κ1) is 9.00. The molecule has 0 N–H and O–H groups in total. The maximum atomic E-state index is 10.1. The maximum absolute atomic E-state index is 10.1. The van der Waals surface area contributed by atoms with Crippen molar-refractivity contribution in [2.75, 3.05) is 0 Å². The predicted octanol–water partition coefficient (Wildman–Crippen LogP) is 1.59. The van der Waals surface area contributed by atoms with E-state index in [1.165, 1.54) is 6.08 Å². The van der Waals surface area contributed by atoms with Gasteiger partial charge >= 0.3 is 0 Å². The van der Waals surface area contributed by atoms with Crippen LogP contribution in [0.15, 0.2) is 6.08 Å². The first-order valence-corrected chi connectivity index (χ1v) is 3.85. The standard InChI is InChI=1S/C8H9ClN2O/c1-6-7(4-3-5-12)8(9)11(2)10-6/h3-5H,1-2H3/b4-3+. The molecule has 1 heterocycles. The Balaban J connectivity index is 3.13. The highest BCUT2D eigenvalue weighted by Crippen LogP contribution is 2.19. The molecule has 0 saturated carbocycles. The van der Waals surface area contributed by atoms with Crippen molar-refractivity contribution in [3.63, 3.8) is 0 Å². The summed E-state index contributed by atoms with van der Waals surface area (Å²) in [5.74, 6) is 0. The van der Waals surface area contributed by atoms with Crippen LogP contribution >= 0.6 is 11.6 Å². The van der Waals surface area contributed by atoms with Gasteiger partial charge in [-0.15, -0.1) is 0 Å². The van der Waals surface area contributed by atoms with Crippen LogP contribution in [0.4, 0.5) is 0 Å². The van der Waals surface area contributed by atoms with Gasteiger partial charge in [0.05, 0.1) is 5.69 Å². The monoisotopic (exact) mass is 184 g/mol. The number of hydrogen-bond donors (Lipinski definition) is 0. The number of nitrogens with zero attached hydrogens (tertiary/aromatic N) is 2. The summed E-state index contributed by atoms with van der Waals surface area (Å²) < 4.78 is 1.57. The third kappa shape index (κ3) is 1.56. The first-order chi connectivity index (χ1) is 5.66. The fraction of sp³-hybridized carbons (Fsp3) is 0.250. The lowest BCUT2D eigenvalue weighted by Gasteiger charge is -1.89. The number of carbonyl (C=O) groups excluding carboxylic acids is 1. The largest absolute Gasteiger partial charge is 0.299 e. The molecule has 0 unspecified atom stereocenters. The third-order valence-corrected chi connectivity index (χ3v) is 1.99. The van der Waals surface area contributed by atoms with E-state index in [-0.39, 0.29) is 0 Å². The molecule has 0 saturated heterocycles. The summed E-state index contributed by atoms with van der Waals surface area (Å²) >= 11 is 5.88. The molecule has 3 nitrogen and oxygen atoms in total. The molecule has 1 aromatic rings. The fourth-order valence-electron chi connectivity index (χ4n) is 0.971.